The van der Waals surface area contributed by atoms with Crippen molar-refractivity contribution in [2.24, 2.45) is 0 Å². The lowest BCUT2D eigenvalue weighted by Crippen LogP contribution is -2.59. The minimum absolute atomic E-state index is 0.453. The minimum atomic E-state index is -3.02. The lowest BCUT2D eigenvalue weighted by atomic mass is 10.0. The molecule has 2 unspecified atom stereocenters. The van der Waals surface area contributed by atoms with Crippen LogP contribution in [0.15, 0.2) is 0 Å². The summed E-state index contributed by atoms with van der Waals surface area (Å²) in [5, 5.41) is 3.53. The quantitative estimate of drug-likeness (QED) is 0.821. The van der Waals surface area contributed by atoms with E-state index < -0.39 is 14.6 Å². The number of sulfone groups is 1. The van der Waals surface area contributed by atoms with Crippen LogP contribution in [0.1, 0.15) is 40.5 Å². The zero-order valence-electron chi connectivity index (χ0n) is 12.4. The molecule has 18 heavy (non-hydrogen) atoms. The van der Waals surface area contributed by atoms with Crippen LogP contribution in [0, 0.1) is 0 Å². The summed E-state index contributed by atoms with van der Waals surface area (Å²) in [6.07, 6.45) is 3.49. The molecule has 0 spiro atoms. The first kappa shape index (κ1) is 15.9. The molecule has 1 saturated heterocycles. The summed E-state index contributed by atoms with van der Waals surface area (Å²) < 4.78 is 23.0. The van der Waals surface area contributed by atoms with Gasteiger partial charge in [-0.2, -0.15) is 0 Å². The number of piperazine rings is 1. The molecule has 1 fully saturated rings. The van der Waals surface area contributed by atoms with E-state index in [1.807, 2.05) is 13.8 Å². The van der Waals surface area contributed by atoms with Crippen molar-refractivity contribution in [1.82, 2.24) is 10.2 Å². The molecule has 0 bridgehead atoms. The summed E-state index contributed by atoms with van der Waals surface area (Å²) >= 11 is 0. The summed E-state index contributed by atoms with van der Waals surface area (Å²) in [5.74, 6) is 0. The van der Waals surface area contributed by atoms with E-state index in [9.17, 15) is 8.42 Å². The molecule has 1 aliphatic heterocycles. The second-order valence-electron chi connectivity index (χ2n) is 6.04. The van der Waals surface area contributed by atoms with Crippen LogP contribution in [-0.4, -0.2) is 56.0 Å². The Morgan fingerprint density at radius 3 is 2.33 bits per heavy atom. The van der Waals surface area contributed by atoms with Gasteiger partial charge in [-0.05, 0) is 26.7 Å². The smallest absolute Gasteiger partial charge is 0.153 e. The van der Waals surface area contributed by atoms with Crippen molar-refractivity contribution < 1.29 is 8.42 Å². The number of rotatable bonds is 5. The van der Waals surface area contributed by atoms with Gasteiger partial charge >= 0.3 is 0 Å². The standard InChI is InChI=1S/C13H28N2O2S/c1-6-11-9-15(12(7-2)8-14-11)10-13(3,4)18(5,16)17/h11-12,14H,6-10H2,1-5H3. The van der Waals surface area contributed by atoms with Crippen molar-refractivity contribution in [2.45, 2.75) is 57.4 Å². The second-order valence-corrected chi connectivity index (χ2v) is 8.69. The number of nitrogens with zero attached hydrogens (tertiary/aromatic N) is 1. The van der Waals surface area contributed by atoms with Gasteiger partial charge in [-0.3, -0.25) is 4.90 Å². The molecular formula is C13H28N2O2S. The Balaban J connectivity index is 2.78. The highest BCUT2D eigenvalue weighted by Gasteiger charge is 2.36. The van der Waals surface area contributed by atoms with Gasteiger partial charge in [0.1, 0.15) is 0 Å². The summed E-state index contributed by atoms with van der Waals surface area (Å²) in [7, 11) is -3.02. The summed E-state index contributed by atoms with van der Waals surface area (Å²) in [6.45, 7) is 10.5. The van der Waals surface area contributed by atoms with Gasteiger partial charge in [-0.15, -0.1) is 0 Å². The minimum Gasteiger partial charge on any atom is -0.311 e. The number of hydrogen-bond donors (Lipinski definition) is 1. The lowest BCUT2D eigenvalue weighted by molar-refractivity contribution is 0.115. The Kier molecular flexibility index (Phi) is 5.21. The van der Waals surface area contributed by atoms with Crippen LogP contribution in [0.2, 0.25) is 0 Å². The third kappa shape index (κ3) is 3.68. The van der Waals surface area contributed by atoms with E-state index in [0.717, 1.165) is 25.9 Å². The van der Waals surface area contributed by atoms with Gasteiger partial charge in [0.15, 0.2) is 9.84 Å². The molecule has 1 rings (SSSR count). The normalized spacial score (nSPS) is 27.4. The molecule has 1 heterocycles. The van der Waals surface area contributed by atoms with Crippen molar-refractivity contribution in [2.75, 3.05) is 25.9 Å². The molecule has 0 saturated carbocycles. The van der Waals surface area contributed by atoms with Crippen molar-refractivity contribution in [3.05, 3.63) is 0 Å². The summed E-state index contributed by atoms with van der Waals surface area (Å²) in [6, 6.07) is 0.942. The molecule has 0 aliphatic carbocycles. The predicted octanol–water partition coefficient (Wildman–Crippen LogP) is 1.27. The van der Waals surface area contributed by atoms with E-state index in [1.165, 1.54) is 6.26 Å². The van der Waals surface area contributed by atoms with E-state index in [1.54, 1.807) is 0 Å². The maximum absolute atomic E-state index is 11.8. The van der Waals surface area contributed by atoms with Gasteiger partial charge in [0.05, 0.1) is 4.75 Å². The first-order valence-corrected chi connectivity index (χ1v) is 8.77. The van der Waals surface area contributed by atoms with Crippen LogP contribution < -0.4 is 5.32 Å². The van der Waals surface area contributed by atoms with Crippen LogP contribution in [0.3, 0.4) is 0 Å². The van der Waals surface area contributed by atoms with Gasteiger partial charge in [0.25, 0.3) is 0 Å². The van der Waals surface area contributed by atoms with Crippen molar-refractivity contribution in [3.63, 3.8) is 0 Å². The fraction of sp³-hybridized carbons (Fsp3) is 1.00. The molecule has 0 aromatic carbocycles. The van der Waals surface area contributed by atoms with Gasteiger partial charge in [0, 0.05) is 38.0 Å². The van der Waals surface area contributed by atoms with Gasteiger partial charge in [-0.25, -0.2) is 8.42 Å². The Labute approximate surface area is 112 Å². The largest absolute Gasteiger partial charge is 0.311 e. The zero-order chi connectivity index (χ0) is 14.0. The van der Waals surface area contributed by atoms with Crippen LogP contribution in [0.5, 0.6) is 0 Å². The molecule has 0 amide bonds. The summed E-state index contributed by atoms with van der Waals surface area (Å²) in [5.41, 5.74) is 0. The fourth-order valence-electron chi connectivity index (χ4n) is 2.40. The lowest BCUT2D eigenvalue weighted by Gasteiger charge is -2.43. The fourth-order valence-corrected chi connectivity index (χ4v) is 2.80. The molecule has 0 radical (unpaired) electrons. The van der Waals surface area contributed by atoms with Crippen LogP contribution >= 0.6 is 0 Å². The van der Waals surface area contributed by atoms with E-state index in [0.29, 0.717) is 18.6 Å². The Morgan fingerprint density at radius 2 is 1.89 bits per heavy atom. The molecule has 0 aromatic heterocycles. The van der Waals surface area contributed by atoms with Gasteiger partial charge < -0.3 is 5.32 Å². The van der Waals surface area contributed by atoms with E-state index >= 15 is 0 Å². The molecular weight excluding hydrogens is 248 g/mol. The van der Waals surface area contributed by atoms with Crippen LogP contribution in [-0.2, 0) is 9.84 Å². The van der Waals surface area contributed by atoms with Crippen molar-refractivity contribution >= 4 is 9.84 Å². The van der Waals surface area contributed by atoms with E-state index in [4.69, 9.17) is 0 Å². The van der Waals surface area contributed by atoms with Crippen molar-refractivity contribution in [3.8, 4) is 0 Å². The molecule has 4 nitrogen and oxygen atoms in total. The molecule has 1 aliphatic rings. The molecule has 5 heteroatoms. The third-order valence-corrected chi connectivity index (χ3v) is 6.30. The number of hydrogen-bond acceptors (Lipinski definition) is 4. The van der Waals surface area contributed by atoms with Crippen molar-refractivity contribution in [1.29, 1.82) is 0 Å². The van der Waals surface area contributed by atoms with E-state index in [-0.39, 0.29) is 0 Å². The van der Waals surface area contributed by atoms with E-state index in [2.05, 4.69) is 24.1 Å². The highest BCUT2D eigenvalue weighted by atomic mass is 32.2. The average molecular weight is 276 g/mol. The highest BCUT2D eigenvalue weighted by molar-refractivity contribution is 7.92. The predicted molar refractivity (Wildman–Crippen MR) is 76.7 cm³/mol. The molecule has 0 aromatic rings. The van der Waals surface area contributed by atoms with Gasteiger partial charge in [0.2, 0.25) is 0 Å². The zero-order valence-corrected chi connectivity index (χ0v) is 13.2. The van der Waals surface area contributed by atoms with Gasteiger partial charge in [-0.1, -0.05) is 13.8 Å². The SMILES string of the molecule is CCC1CN(CC(C)(C)S(C)(=O)=O)C(CC)CN1. The highest BCUT2D eigenvalue weighted by Crippen LogP contribution is 2.21. The second kappa shape index (κ2) is 5.88. The summed E-state index contributed by atoms with van der Waals surface area (Å²) in [4.78, 5) is 2.35. The van der Waals surface area contributed by atoms with Crippen LogP contribution in [0.4, 0.5) is 0 Å². The Hall–Kier alpha value is -0.130. The molecule has 1 N–H and O–H groups in total. The molecule has 108 valence electrons. The van der Waals surface area contributed by atoms with Crippen LogP contribution in [0.25, 0.3) is 0 Å². The topological polar surface area (TPSA) is 49.4 Å². The molecule has 2 atom stereocenters. The monoisotopic (exact) mass is 276 g/mol. The first-order chi connectivity index (χ1) is 8.21. The third-order valence-electron chi connectivity index (χ3n) is 4.17. The maximum Gasteiger partial charge on any atom is 0.153 e. The Bertz CT molecular complexity index is 365. The Morgan fingerprint density at radius 1 is 1.28 bits per heavy atom. The maximum atomic E-state index is 11.8. The number of nitrogens with one attached hydrogen (secondary N) is 1. The first-order valence-electron chi connectivity index (χ1n) is 6.88. The average Bonchev–Trinajstić information content (AvgIpc) is 2.26.